The molecule has 0 saturated carbocycles. The number of nitrogens with one attached hydrogen (secondary N) is 1. The molecule has 140 valence electrons. The minimum Gasteiger partial charge on any atom is -0.492 e. The van der Waals surface area contributed by atoms with E-state index in [0.29, 0.717) is 19.6 Å². The standard InChI is InChI=1S/C21H22FN3O2/c22-15-9-10-25(14-15)11-12-27-17-7-5-16(6-8-17)23-13-19-18-3-1-2-4-20(18)24-21(19)26/h1-8,13,15,19H,9-12,14H2,(H,24,26). The normalized spacial score (nSPS) is 22.2. The van der Waals surface area contributed by atoms with E-state index in [4.69, 9.17) is 4.74 Å². The van der Waals surface area contributed by atoms with Crippen molar-refractivity contribution < 1.29 is 13.9 Å². The van der Waals surface area contributed by atoms with Crippen LogP contribution < -0.4 is 10.1 Å². The number of hydrogen-bond acceptors (Lipinski definition) is 4. The number of aliphatic imine (C=N–C) groups is 1. The van der Waals surface area contributed by atoms with E-state index in [9.17, 15) is 9.18 Å². The Morgan fingerprint density at radius 3 is 2.81 bits per heavy atom. The van der Waals surface area contributed by atoms with Crippen LogP contribution in [0.2, 0.25) is 0 Å². The maximum atomic E-state index is 13.1. The van der Waals surface area contributed by atoms with Gasteiger partial charge in [-0.15, -0.1) is 0 Å². The molecule has 1 N–H and O–H groups in total. The SMILES string of the molecule is O=C1Nc2ccccc2C1C=Nc1ccc(OCCN2CCC(F)C2)cc1. The van der Waals surface area contributed by atoms with Crippen LogP contribution in [-0.2, 0) is 4.79 Å². The molecule has 5 nitrogen and oxygen atoms in total. The van der Waals surface area contributed by atoms with Gasteiger partial charge in [-0.25, -0.2) is 4.39 Å². The van der Waals surface area contributed by atoms with E-state index in [2.05, 4.69) is 15.2 Å². The van der Waals surface area contributed by atoms with Gasteiger partial charge in [0.15, 0.2) is 0 Å². The molecule has 2 atom stereocenters. The molecule has 1 saturated heterocycles. The molecule has 2 heterocycles. The second-order valence-corrected chi connectivity index (χ2v) is 6.86. The maximum Gasteiger partial charge on any atom is 0.237 e. The first-order valence-corrected chi connectivity index (χ1v) is 9.22. The minimum atomic E-state index is -0.698. The predicted molar refractivity (Wildman–Crippen MR) is 104 cm³/mol. The largest absolute Gasteiger partial charge is 0.492 e. The van der Waals surface area contributed by atoms with Crippen molar-refractivity contribution in [2.24, 2.45) is 4.99 Å². The van der Waals surface area contributed by atoms with Gasteiger partial charge in [0.2, 0.25) is 5.91 Å². The first-order chi connectivity index (χ1) is 13.2. The quantitative estimate of drug-likeness (QED) is 0.795. The third kappa shape index (κ3) is 4.17. The van der Waals surface area contributed by atoms with Crippen LogP contribution in [-0.4, -0.2) is 49.4 Å². The molecule has 0 spiro atoms. The second-order valence-electron chi connectivity index (χ2n) is 6.86. The number of hydrogen-bond donors (Lipinski definition) is 1. The van der Waals surface area contributed by atoms with E-state index in [1.54, 1.807) is 6.21 Å². The van der Waals surface area contributed by atoms with Gasteiger partial charge in [-0.05, 0) is 42.3 Å². The predicted octanol–water partition coefficient (Wildman–Crippen LogP) is 3.55. The molecular weight excluding hydrogens is 345 g/mol. The topological polar surface area (TPSA) is 53.9 Å². The Balaban J connectivity index is 1.31. The molecule has 0 radical (unpaired) electrons. The number of para-hydroxylation sites is 1. The lowest BCUT2D eigenvalue weighted by molar-refractivity contribution is -0.115. The number of ether oxygens (including phenoxy) is 1. The molecule has 2 unspecified atom stereocenters. The van der Waals surface area contributed by atoms with E-state index >= 15 is 0 Å². The van der Waals surface area contributed by atoms with Gasteiger partial charge in [-0.2, -0.15) is 0 Å². The van der Waals surface area contributed by atoms with Crippen LogP contribution in [0.15, 0.2) is 53.5 Å². The summed E-state index contributed by atoms with van der Waals surface area (Å²) in [6.07, 6.45) is 1.60. The van der Waals surface area contributed by atoms with Crippen LogP contribution in [0, 0.1) is 0 Å². The lowest BCUT2D eigenvalue weighted by atomic mass is 10.0. The smallest absolute Gasteiger partial charge is 0.237 e. The highest BCUT2D eigenvalue weighted by atomic mass is 19.1. The molecule has 2 aliphatic rings. The van der Waals surface area contributed by atoms with Crippen LogP contribution in [0.25, 0.3) is 0 Å². The van der Waals surface area contributed by atoms with Crippen molar-refractivity contribution in [3.8, 4) is 5.75 Å². The number of halogens is 1. The maximum absolute atomic E-state index is 13.1. The molecule has 4 rings (SSSR count). The number of carbonyl (C=O) groups is 1. The summed E-state index contributed by atoms with van der Waals surface area (Å²) < 4.78 is 18.9. The molecule has 6 heteroatoms. The molecular formula is C21H22FN3O2. The number of carbonyl (C=O) groups excluding carboxylic acids is 1. The fourth-order valence-corrected chi connectivity index (χ4v) is 3.45. The van der Waals surface area contributed by atoms with E-state index in [0.717, 1.165) is 35.8 Å². The number of rotatable bonds is 6. The zero-order chi connectivity index (χ0) is 18.6. The van der Waals surface area contributed by atoms with Crippen LogP contribution in [0.1, 0.15) is 17.9 Å². The van der Waals surface area contributed by atoms with Gasteiger partial charge in [-0.1, -0.05) is 18.2 Å². The Labute approximate surface area is 157 Å². The van der Waals surface area contributed by atoms with Crippen molar-refractivity contribution in [2.75, 3.05) is 31.6 Å². The molecule has 0 aromatic heterocycles. The fraction of sp³-hybridized carbons (Fsp3) is 0.333. The van der Waals surface area contributed by atoms with Gasteiger partial charge < -0.3 is 10.1 Å². The second kappa shape index (κ2) is 7.88. The van der Waals surface area contributed by atoms with Crippen LogP contribution in [0.3, 0.4) is 0 Å². The summed E-state index contributed by atoms with van der Waals surface area (Å²) in [5, 5.41) is 2.86. The molecule has 2 aromatic carbocycles. The summed E-state index contributed by atoms with van der Waals surface area (Å²) >= 11 is 0. The van der Waals surface area contributed by atoms with E-state index in [-0.39, 0.29) is 11.8 Å². The highest BCUT2D eigenvalue weighted by Gasteiger charge is 2.28. The van der Waals surface area contributed by atoms with Crippen molar-refractivity contribution in [3.05, 3.63) is 54.1 Å². The minimum absolute atomic E-state index is 0.0580. The molecule has 1 amide bonds. The Morgan fingerprint density at radius 1 is 1.22 bits per heavy atom. The lowest BCUT2D eigenvalue weighted by Crippen LogP contribution is -2.26. The van der Waals surface area contributed by atoms with Crippen LogP contribution in [0.4, 0.5) is 15.8 Å². The molecule has 0 bridgehead atoms. The number of likely N-dealkylation sites (tertiary alicyclic amines) is 1. The summed E-state index contributed by atoms with van der Waals surface area (Å²) in [6.45, 7) is 2.58. The molecule has 2 aliphatic heterocycles. The molecule has 0 aliphatic carbocycles. The summed E-state index contributed by atoms with van der Waals surface area (Å²) in [6, 6.07) is 15.1. The van der Waals surface area contributed by atoms with Crippen molar-refractivity contribution in [3.63, 3.8) is 0 Å². The third-order valence-corrected chi connectivity index (χ3v) is 4.94. The van der Waals surface area contributed by atoms with Gasteiger partial charge in [0, 0.05) is 31.5 Å². The summed E-state index contributed by atoms with van der Waals surface area (Å²) in [7, 11) is 0. The molecule has 2 aromatic rings. The number of anilines is 1. The number of alkyl halides is 1. The summed E-state index contributed by atoms with van der Waals surface area (Å²) in [5.74, 6) is 0.336. The monoisotopic (exact) mass is 367 g/mol. The highest BCUT2D eigenvalue weighted by molar-refractivity contribution is 6.12. The first-order valence-electron chi connectivity index (χ1n) is 9.22. The van der Waals surface area contributed by atoms with Gasteiger partial charge in [0.05, 0.1) is 5.69 Å². The fourth-order valence-electron chi connectivity index (χ4n) is 3.45. The zero-order valence-corrected chi connectivity index (χ0v) is 15.0. The van der Waals surface area contributed by atoms with Crippen LogP contribution in [0.5, 0.6) is 5.75 Å². The number of benzene rings is 2. The summed E-state index contributed by atoms with van der Waals surface area (Å²) in [4.78, 5) is 18.6. The van der Waals surface area contributed by atoms with E-state index in [1.807, 2.05) is 48.5 Å². The Bertz CT molecular complexity index is 838. The number of amides is 1. The van der Waals surface area contributed by atoms with Gasteiger partial charge in [0.25, 0.3) is 0 Å². The van der Waals surface area contributed by atoms with E-state index in [1.165, 1.54) is 0 Å². The van der Waals surface area contributed by atoms with E-state index < -0.39 is 6.17 Å². The molecule has 27 heavy (non-hydrogen) atoms. The lowest BCUT2D eigenvalue weighted by Gasteiger charge is -2.14. The highest BCUT2D eigenvalue weighted by Crippen LogP contribution is 2.31. The third-order valence-electron chi connectivity index (χ3n) is 4.94. The van der Waals surface area contributed by atoms with Crippen molar-refractivity contribution in [2.45, 2.75) is 18.5 Å². The summed E-state index contributed by atoms with van der Waals surface area (Å²) in [5.41, 5.74) is 2.56. The van der Waals surface area contributed by atoms with Crippen molar-refractivity contribution >= 4 is 23.5 Å². The zero-order valence-electron chi connectivity index (χ0n) is 15.0. The Kier molecular flexibility index (Phi) is 5.16. The van der Waals surface area contributed by atoms with Crippen molar-refractivity contribution in [1.82, 2.24) is 4.90 Å². The Morgan fingerprint density at radius 2 is 2.04 bits per heavy atom. The van der Waals surface area contributed by atoms with Gasteiger partial charge in [0.1, 0.15) is 24.4 Å². The Hall–Kier alpha value is -2.73. The van der Waals surface area contributed by atoms with Gasteiger partial charge in [-0.3, -0.25) is 14.7 Å². The van der Waals surface area contributed by atoms with Crippen LogP contribution >= 0.6 is 0 Å². The number of fused-ring (bicyclic) bond motifs is 1. The average Bonchev–Trinajstić information content (AvgIpc) is 3.23. The average molecular weight is 367 g/mol. The van der Waals surface area contributed by atoms with Crippen molar-refractivity contribution in [1.29, 1.82) is 0 Å². The first kappa shape index (κ1) is 17.7. The number of nitrogens with zero attached hydrogens (tertiary/aromatic N) is 2. The van der Waals surface area contributed by atoms with Gasteiger partial charge >= 0.3 is 0 Å². The molecule has 1 fully saturated rings.